The van der Waals surface area contributed by atoms with Crippen LogP contribution in [0.1, 0.15) is 5.56 Å². The van der Waals surface area contributed by atoms with Crippen molar-refractivity contribution in [2.45, 2.75) is 6.10 Å². The summed E-state index contributed by atoms with van der Waals surface area (Å²) in [5, 5.41) is 19.5. The second-order valence-electron chi connectivity index (χ2n) is 5.64. The minimum absolute atomic E-state index is 0.0763. The predicted octanol–water partition coefficient (Wildman–Crippen LogP) is 2.04. The molecule has 4 N–H and O–H groups in total. The molecule has 0 bridgehead atoms. The molecule has 1 amide bonds. The Labute approximate surface area is 149 Å². The minimum atomic E-state index is -1.08. The molecule has 3 rings (SSSR count). The van der Waals surface area contributed by atoms with Crippen molar-refractivity contribution in [3.8, 4) is 5.75 Å². The van der Waals surface area contributed by atoms with Gasteiger partial charge >= 0.3 is 0 Å². The average molecular weight is 361 g/mol. The maximum absolute atomic E-state index is 12.8. The summed E-state index contributed by atoms with van der Waals surface area (Å²) in [6.45, 7) is -0.536. The van der Waals surface area contributed by atoms with Gasteiger partial charge in [-0.2, -0.15) is 0 Å². The third-order valence-corrected chi connectivity index (χ3v) is 3.97. The van der Waals surface area contributed by atoms with E-state index in [1.165, 1.54) is 4.90 Å². The van der Waals surface area contributed by atoms with Crippen LogP contribution >= 0.6 is 11.6 Å². The summed E-state index contributed by atoms with van der Waals surface area (Å²) >= 11 is 5.87. The van der Waals surface area contributed by atoms with Crippen molar-refractivity contribution >= 4 is 35.0 Å². The number of aliphatic hydroxyl groups excluding tert-OH is 2. The summed E-state index contributed by atoms with van der Waals surface area (Å²) in [6.07, 6.45) is 0.518. The van der Waals surface area contributed by atoms with E-state index in [-0.39, 0.29) is 12.3 Å². The first-order valence-electron chi connectivity index (χ1n) is 7.63. The van der Waals surface area contributed by atoms with Gasteiger partial charge in [0.15, 0.2) is 11.5 Å². The van der Waals surface area contributed by atoms with E-state index in [1.807, 2.05) is 0 Å². The number of benzene rings is 2. The van der Waals surface area contributed by atoms with Crippen LogP contribution in [-0.2, 0) is 4.79 Å². The molecule has 1 atom stereocenters. The Balaban J connectivity index is 2.01. The van der Waals surface area contributed by atoms with Gasteiger partial charge in [-0.05, 0) is 42.0 Å². The smallest absolute Gasteiger partial charge is 0.294 e. The van der Waals surface area contributed by atoms with Crippen LogP contribution in [0, 0.1) is 0 Å². The first kappa shape index (κ1) is 17.3. The van der Waals surface area contributed by atoms with E-state index < -0.39 is 18.6 Å². The number of hydrogen-bond acceptors (Lipinski definition) is 5. The zero-order valence-electron chi connectivity index (χ0n) is 13.2. The number of halogens is 1. The third kappa shape index (κ3) is 3.76. The number of hydrogen-bond donors (Lipinski definition) is 3. The molecule has 0 saturated heterocycles. The monoisotopic (exact) mass is 360 g/mol. The standard InChI is InChI=1S/C18H17ClN2O4/c19-12-3-1-11(2-4-12)7-17-18(24)21(9-14(23)10-22)15-8-13(20)5-6-16(15)25-17/h1-8,14,22-23H,9-10,20H2/b17-7+. The van der Waals surface area contributed by atoms with Gasteiger partial charge in [0.05, 0.1) is 24.9 Å². The summed E-state index contributed by atoms with van der Waals surface area (Å²) in [4.78, 5) is 14.1. The molecular formula is C18H17ClN2O4. The summed E-state index contributed by atoms with van der Waals surface area (Å²) in [6, 6.07) is 11.9. The quantitative estimate of drug-likeness (QED) is 0.573. The molecule has 7 heteroatoms. The summed E-state index contributed by atoms with van der Waals surface area (Å²) < 4.78 is 5.72. The van der Waals surface area contributed by atoms with Gasteiger partial charge in [0.2, 0.25) is 0 Å². The molecule has 1 unspecified atom stereocenters. The van der Waals surface area contributed by atoms with E-state index in [2.05, 4.69) is 0 Å². The van der Waals surface area contributed by atoms with Crippen molar-refractivity contribution in [3.63, 3.8) is 0 Å². The van der Waals surface area contributed by atoms with Gasteiger partial charge in [0, 0.05) is 10.7 Å². The molecule has 1 heterocycles. The third-order valence-electron chi connectivity index (χ3n) is 3.72. The fourth-order valence-electron chi connectivity index (χ4n) is 2.49. The van der Waals surface area contributed by atoms with Gasteiger partial charge in [-0.3, -0.25) is 9.69 Å². The molecule has 25 heavy (non-hydrogen) atoms. The summed E-state index contributed by atoms with van der Waals surface area (Å²) in [5.41, 5.74) is 7.45. The SMILES string of the molecule is Nc1ccc2c(c1)N(CC(O)CO)C(=O)/C(=C\c1ccc(Cl)cc1)O2. The number of β-amino-alcohol motifs (C(OH)–C–C–N with tert-alkyl or cyclic N) is 1. The fraction of sp³-hybridized carbons (Fsp3) is 0.167. The van der Waals surface area contributed by atoms with Crippen molar-refractivity contribution < 1.29 is 19.7 Å². The highest BCUT2D eigenvalue weighted by Crippen LogP contribution is 2.37. The molecule has 2 aromatic carbocycles. The second kappa shape index (κ2) is 7.14. The highest BCUT2D eigenvalue weighted by Gasteiger charge is 2.31. The van der Waals surface area contributed by atoms with Crippen molar-refractivity contribution in [1.82, 2.24) is 0 Å². The molecule has 1 aliphatic rings. The number of fused-ring (bicyclic) bond motifs is 1. The molecule has 1 aliphatic heterocycles. The lowest BCUT2D eigenvalue weighted by molar-refractivity contribution is -0.118. The number of carbonyl (C=O) groups is 1. The van der Waals surface area contributed by atoms with Crippen LogP contribution in [0.4, 0.5) is 11.4 Å². The lowest BCUT2D eigenvalue weighted by Gasteiger charge is -2.31. The summed E-state index contributed by atoms with van der Waals surface area (Å²) in [5.74, 6) is 0.115. The van der Waals surface area contributed by atoms with E-state index in [9.17, 15) is 9.90 Å². The zero-order valence-corrected chi connectivity index (χ0v) is 14.0. The topological polar surface area (TPSA) is 96.0 Å². The normalized spacial score (nSPS) is 16.5. The molecule has 6 nitrogen and oxygen atoms in total. The number of ether oxygens (including phenoxy) is 1. The Kier molecular flexibility index (Phi) is 4.94. The Hall–Kier alpha value is -2.54. The number of anilines is 2. The molecular weight excluding hydrogens is 344 g/mol. The van der Waals surface area contributed by atoms with Crippen molar-refractivity contribution in [3.05, 3.63) is 58.8 Å². The number of aliphatic hydroxyl groups is 2. The number of carbonyl (C=O) groups excluding carboxylic acids is 1. The molecule has 130 valence electrons. The molecule has 0 aromatic heterocycles. The highest BCUT2D eigenvalue weighted by molar-refractivity contribution is 6.30. The Bertz CT molecular complexity index is 820. The number of rotatable bonds is 4. The molecule has 0 fully saturated rings. The Morgan fingerprint density at radius 3 is 2.64 bits per heavy atom. The fourth-order valence-corrected chi connectivity index (χ4v) is 2.61. The van der Waals surface area contributed by atoms with Crippen LogP contribution in [0.15, 0.2) is 48.2 Å². The minimum Gasteiger partial charge on any atom is -0.449 e. The van der Waals surface area contributed by atoms with Gasteiger partial charge < -0.3 is 20.7 Å². The van der Waals surface area contributed by atoms with Crippen LogP contribution in [0.25, 0.3) is 6.08 Å². The highest BCUT2D eigenvalue weighted by atomic mass is 35.5. The molecule has 0 aliphatic carbocycles. The first-order valence-corrected chi connectivity index (χ1v) is 8.01. The number of nitrogens with two attached hydrogens (primary N) is 1. The van der Waals surface area contributed by atoms with Crippen LogP contribution in [0.5, 0.6) is 5.75 Å². The van der Waals surface area contributed by atoms with E-state index in [4.69, 9.17) is 27.2 Å². The maximum Gasteiger partial charge on any atom is 0.294 e. The molecule has 0 spiro atoms. The van der Waals surface area contributed by atoms with Gasteiger partial charge in [0.25, 0.3) is 5.91 Å². The van der Waals surface area contributed by atoms with Gasteiger partial charge in [-0.25, -0.2) is 0 Å². The molecule has 0 radical (unpaired) electrons. The van der Waals surface area contributed by atoms with E-state index in [1.54, 1.807) is 48.5 Å². The van der Waals surface area contributed by atoms with E-state index in [0.717, 1.165) is 5.56 Å². The Morgan fingerprint density at radius 2 is 1.96 bits per heavy atom. The van der Waals surface area contributed by atoms with Crippen LogP contribution < -0.4 is 15.4 Å². The average Bonchev–Trinajstić information content (AvgIpc) is 2.60. The predicted molar refractivity (Wildman–Crippen MR) is 96.4 cm³/mol. The van der Waals surface area contributed by atoms with E-state index in [0.29, 0.717) is 22.1 Å². The maximum atomic E-state index is 12.8. The number of nitrogens with zero attached hydrogens (tertiary/aromatic N) is 1. The molecule has 2 aromatic rings. The largest absolute Gasteiger partial charge is 0.449 e. The lowest BCUT2D eigenvalue weighted by Crippen LogP contribution is -2.43. The zero-order chi connectivity index (χ0) is 18.0. The van der Waals surface area contributed by atoms with E-state index >= 15 is 0 Å². The van der Waals surface area contributed by atoms with Gasteiger partial charge in [0.1, 0.15) is 0 Å². The first-order chi connectivity index (χ1) is 12.0. The van der Waals surface area contributed by atoms with Crippen LogP contribution in [0.2, 0.25) is 5.02 Å². The van der Waals surface area contributed by atoms with Gasteiger partial charge in [-0.1, -0.05) is 23.7 Å². The molecule has 0 saturated carbocycles. The van der Waals surface area contributed by atoms with Crippen molar-refractivity contribution in [1.29, 1.82) is 0 Å². The van der Waals surface area contributed by atoms with Crippen LogP contribution in [0.3, 0.4) is 0 Å². The number of nitrogen functional groups attached to an aromatic ring is 1. The number of amides is 1. The summed E-state index contributed by atoms with van der Waals surface area (Å²) in [7, 11) is 0. The van der Waals surface area contributed by atoms with Crippen molar-refractivity contribution in [2.75, 3.05) is 23.8 Å². The lowest BCUT2D eigenvalue weighted by atomic mass is 10.1. The van der Waals surface area contributed by atoms with Gasteiger partial charge in [-0.15, -0.1) is 0 Å². The Morgan fingerprint density at radius 1 is 1.24 bits per heavy atom. The second-order valence-corrected chi connectivity index (χ2v) is 6.08. The van der Waals surface area contributed by atoms with Crippen LogP contribution in [-0.4, -0.2) is 35.4 Å². The van der Waals surface area contributed by atoms with Crippen molar-refractivity contribution in [2.24, 2.45) is 0 Å².